The van der Waals surface area contributed by atoms with Crippen molar-refractivity contribution in [3.05, 3.63) is 35.4 Å². The minimum absolute atomic E-state index is 0. The fraction of sp³-hybridized carbons (Fsp3) is 0.529. The summed E-state index contributed by atoms with van der Waals surface area (Å²) >= 11 is 0. The Balaban J connectivity index is 0.00000125. The summed E-state index contributed by atoms with van der Waals surface area (Å²) in [6, 6.07) is 4.62. The van der Waals surface area contributed by atoms with Gasteiger partial charge in [0.2, 0.25) is 0 Å². The molecule has 1 spiro atoms. The zero-order chi connectivity index (χ0) is 14.2. The molecule has 0 radical (unpaired) electrons. The van der Waals surface area contributed by atoms with Crippen LogP contribution in [0.2, 0.25) is 0 Å². The highest BCUT2D eigenvalue weighted by molar-refractivity contribution is 5.85. The van der Waals surface area contributed by atoms with Crippen LogP contribution in [0.3, 0.4) is 0 Å². The molecular formula is C17H20ClNO3. The molecule has 5 atom stereocenters. The first kappa shape index (κ1) is 14.4. The van der Waals surface area contributed by atoms with Gasteiger partial charge < -0.3 is 19.9 Å². The molecule has 2 aliphatic heterocycles. The van der Waals surface area contributed by atoms with Crippen LogP contribution in [0.25, 0.3) is 0 Å². The molecule has 2 heterocycles. The van der Waals surface area contributed by atoms with Crippen LogP contribution >= 0.6 is 12.4 Å². The molecule has 2 bridgehead atoms. The topological polar surface area (TPSA) is 50.7 Å². The van der Waals surface area contributed by atoms with Crippen molar-refractivity contribution in [2.75, 3.05) is 13.7 Å². The number of piperidine rings is 1. The second-order valence-electron chi connectivity index (χ2n) is 6.63. The van der Waals surface area contributed by atoms with E-state index in [-0.39, 0.29) is 23.9 Å². The predicted molar refractivity (Wildman–Crippen MR) is 85.1 cm³/mol. The monoisotopic (exact) mass is 321 g/mol. The lowest BCUT2D eigenvalue weighted by Crippen LogP contribution is -2.64. The Hall–Kier alpha value is -1.23. The van der Waals surface area contributed by atoms with Gasteiger partial charge in [0.1, 0.15) is 12.2 Å². The third kappa shape index (κ3) is 1.46. The number of halogens is 1. The van der Waals surface area contributed by atoms with Gasteiger partial charge in [0.25, 0.3) is 0 Å². The SMILES string of the molecule is COc1ccc2c3c1OC1C(O)C=CC4C(C2)NCCC341.Cl. The quantitative estimate of drug-likeness (QED) is 0.771. The zero-order valence-electron chi connectivity index (χ0n) is 12.4. The van der Waals surface area contributed by atoms with Gasteiger partial charge in [-0.25, -0.2) is 0 Å². The highest BCUT2D eigenvalue weighted by Crippen LogP contribution is 2.61. The van der Waals surface area contributed by atoms with Crippen molar-refractivity contribution in [2.24, 2.45) is 5.92 Å². The summed E-state index contributed by atoms with van der Waals surface area (Å²) in [5.41, 5.74) is 2.57. The molecule has 1 fully saturated rings. The molecule has 5 unspecified atom stereocenters. The maximum absolute atomic E-state index is 10.5. The predicted octanol–water partition coefficient (Wildman–Crippen LogP) is 1.58. The van der Waals surface area contributed by atoms with E-state index in [1.54, 1.807) is 7.11 Å². The number of nitrogens with one attached hydrogen (secondary N) is 1. The van der Waals surface area contributed by atoms with Crippen molar-refractivity contribution < 1.29 is 14.6 Å². The van der Waals surface area contributed by atoms with Crippen molar-refractivity contribution in [1.29, 1.82) is 0 Å². The number of methoxy groups -OCH3 is 1. The first-order valence-corrected chi connectivity index (χ1v) is 7.72. The summed E-state index contributed by atoms with van der Waals surface area (Å²) < 4.78 is 11.8. The van der Waals surface area contributed by atoms with Gasteiger partial charge in [-0.05, 0) is 31.0 Å². The summed E-state index contributed by atoms with van der Waals surface area (Å²) in [5.74, 6) is 2.06. The summed E-state index contributed by atoms with van der Waals surface area (Å²) in [6.07, 6.45) is 5.43. The Morgan fingerprint density at radius 2 is 2.23 bits per heavy atom. The van der Waals surface area contributed by atoms with Gasteiger partial charge in [0.15, 0.2) is 11.5 Å². The summed E-state index contributed by atoms with van der Waals surface area (Å²) in [7, 11) is 1.68. The summed E-state index contributed by atoms with van der Waals surface area (Å²) in [5, 5.41) is 14.1. The minimum atomic E-state index is -0.539. The van der Waals surface area contributed by atoms with Gasteiger partial charge in [-0.3, -0.25) is 0 Å². The molecule has 5 rings (SSSR count). The van der Waals surface area contributed by atoms with Crippen LogP contribution in [0.1, 0.15) is 17.5 Å². The van der Waals surface area contributed by atoms with E-state index < -0.39 is 6.10 Å². The molecule has 4 aliphatic rings. The number of hydrogen-bond acceptors (Lipinski definition) is 4. The van der Waals surface area contributed by atoms with E-state index in [1.807, 2.05) is 12.1 Å². The van der Waals surface area contributed by atoms with Gasteiger partial charge in [0, 0.05) is 22.9 Å². The number of hydrogen-bond donors (Lipinski definition) is 2. The number of benzene rings is 1. The van der Waals surface area contributed by atoms with E-state index in [4.69, 9.17) is 9.47 Å². The Morgan fingerprint density at radius 3 is 3.05 bits per heavy atom. The van der Waals surface area contributed by atoms with Crippen LogP contribution in [0.15, 0.2) is 24.3 Å². The third-order valence-electron chi connectivity index (χ3n) is 5.88. The summed E-state index contributed by atoms with van der Waals surface area (Å²) in [4.78, 5) is 0. The van der Waals surface area contributed by atoms with Gasteiger partial charge in [0.05, 0.1) is 7.11 Å². The minimum Gasteiger partial charge on any atom is -0.493 e. The Morgan fingerprint density at radius 1 is 1.36 bits per heavy atom. The van der Waals surface area contributed by atoms with Gasteiger partial charge in [-0.15, -0.1) is 12.4 Å². The first-order valence-electron chi connectivity index (χ1n) is 7.72. The molecule has 1 aromatic rings. The standard InChI is InChI=1S/C17H19NO3.ClH/c1-20-13-5-2-9-8-11-10-3-4-12(19)16-17(10,6-7-18-11)14(9)15(13)21-16;/h2-5,10-12,16,18-19H,6-8H2,1H3;1H. The number of aliphatic hydroxyl groups excluding tert-OH is 1. The molecule has 0 amide bonds. The molecule has 4 nitrogen and oxygen atoms in total. The van der Waals surface area contributed by atoms with E-state index in [0.29, 0.717) is 12.0 Å². The van der Waals surface area contributed by atoms with Crippen LogP contribution < -0.4 is 14.8 Å². The lowest BCUT2D eigenvalue weighted by molar-refractivity contribution is -0.0177. The normalized spacial score (nSPS) is 39.5. The molecule has 118 valence electrons. The molecule has 0 aromatic heterocycles. The Bertz CT molecular complexity index is 662. The zero-order valence-corrected chi connectivity index (χ0v) is 13.2. The largest absolute Gasteiger partial charge is 0.493 e. The first-order chi connectivity index (χ1) is 10.3. The molecule has 1 saturated heterocycles. The molecule has 22 heavy (non-hydrogen) atoms. The van der Waals surface area contributed by atoms with E-state index >= 15 is 0 Å². The average Bonchev–Trinajstić information content (AvgIpc) is 2.83. The molecule has 2 N–H and O–H groups in total. The van der Waals surface area contributed by atoms with Crippen molar-refractivity contribution in [1.82, 2.24) is 5.32 Å². The van der Waals surface area contributed by atoms with Crippen LogP contribution in [0.5, 0.6) is 11.5 Å². The Kier molecular flexibility index (Phi) is 3.03. The number of rotatable bonds is 1. The molecular weight excluding hydrogens is 302 g/mol. The summed E-state index contributed by atoms with van der Waals surface area (Å²) in [6.45, 7) is 0.984. The van der Waals surface area contributed by atoms with Crippen LogP contribution in [-0.2, 0) is 11.8 Å². The third-order valence-corrected chi connectivity index (χ3v) is 5.88. The lowest BCUT2D eigenvalue weighted by Gasteiger charge is -2.53. The van der Waals surface area contributed by atoms with Gasteiger partial charge in [-0.1, -0.05) is 18.2 Å². The number of ether oxygens (including phenoxy) is 2. The average molecular weight is 322 g/mol. The number of aliphatic hydroxyl groups is 1. The van der Waals surface area contributed by atoms with Gasteiger partial charge >= 0.3 is 0 Å². The maximum Gasteiger partial charge on any atom is 0.165 e. The lowest BCUT2D eigenvalue weighted by atomic mass is 9.54. The highest BCUT2D eigenvalue weighted by atomic mass is 35.5. The van der Waals surface area contributed by atoms with Gasteiger partial charge in [-0.2, -0.15) is 0 Å². The van der Waals surface area contributed by atoms with Crippen molar-refractivity contribution in [3.63, 3.8) is 0 Å². The van der Waals surface area contributed by atoms with E-state index in [9.17, 15) is 5.11 Å². The maximum atomic E-state index is 10.5. The van der Waals surface area contributed by atoms with Crippen molar-refractivity contribution in [2.45, 2.75) is 36.5 Å². The van der Waals surface area contributed by atoms with E-state index in [1.165, 1.54) is 11.1 Å². The van der Waals surface area contributed by atoms with Crippen molar-refractivity contribution in [3.8, 4) is 11.5 Å². The molecule has 1 aromatic carbocycles. The Labute approximate surface area is 135 Å². The van der Waals surface area contributed by atoms with Crippen LogP contribution in [0, 0.1) is 5.92 Å². The fourth-order valence-electron chi connectivity index (χ4n) is 5.13. The highest BCUT2D eigenvalue weighted by Gasteiger charge is 2.63. The van der Waals surface area contributed by atoms with E-state index in [2.05, 4.69) is 17.5 Å². The van der Waals surface area contributed by atoms with Crippen molar-refractivity contribution >= 4 is 12.4 Å². The molecule has 0 saturated carbocycles. The van der Waals surface area contributed by atoms with E-state index in [0.717, 1.165) is 30.9 Å². The van der Waals surface area contributed by atoms with Crippen LogP contribution in [-0.4, -0.2) is 37.0 Å². The second kappa shape index (κ2) is 4.63. The molecule has 2 aliphatic carbocycles. The smallest absolute Gasteiger partial charge is 0.165 e. The fourth-order valence-corrected chi connectivity index (χ4v) is 5.13. The molecule has 5 heteroatoms. The second-order valence-corrected chi connectivity index (χ2v) is 6.63. The van der Waals surface area contributed by atoms with Crippen LogP contribution in [0.4, 0.5) is 0 Å².